The number of hydrogen-bond donors (Lipinski definition) is 1. The van der Waals surface area contributed by atoms with Crippen LogP contribution in [0.4, 0.5) is 5.69 Å². The number of benzene rings is 2. The molecule has 0 saturated carbocycles. The van der Waals surface area contributed by atoms with Gasteiger partial charge in [-0.05, 0) is 36.8 Å². The van der Waals surface area contributed by atoms with Gasteiger partial charge in [0, 0.05) is 17.4 Å². The van der Waals surface area contributed by atoms with Crippen LogP contribution in [0.3, 0.4) is 0 Å². The molecule has 2 aromatic heterocycles. The van der Waals surface area contributed by atoms with E-state index in [1.807, 2.05) is 79.9 Å². The Kier molecular flexibility index (Phi) is 4.30. The largest absolute Gasteiger partial charge is 0.322 e. The van der Waals surface area contributed by atoms with E-state index < -0.39 is 0 Å². The van der Waals surface area contributed by atoms with Crippen LogP contribution in [-0.2, 0) is 0 Å². The van der Waals surface area contributed by atoms with Gasteiger partial charge in [0.25, 0.3) is 5.91 Å². The van der Waals surface area contributed by atoms with Gasteiger partial charge in [-0.3, -0.25) is 9.59 Å². The van der Waals surface area contributed by atoms with Crippen LogP contribution in [-0.4, -0.2) is 16.1 Å². The van der Waals surface area contributed by atoms with Crippen molar-refractivity contribution in [1.29, 1.82) is 0 Å². The molecule has 0 spiro atoms. The van der Waals surface area contributed by atoms with Crippen molar-refractivity contribution in [2.45, 2.75) is 6.92 Å². The van der Waals surface area contributed by atoms with Gasteiger partial charge in [0.15, 0.2) is 0 Å². The van der Waals surface area contributed by atoms with E-state index in [0.717, 1.165) is 0 Å². The summed E-state index contributed by atoms with van der Waals surface area (Å²) in [5, 5.41) is 2.92. The van der Waals surface area contributed by atoms with Crippen LogP contribution in [0.1, 0.15) is 32.0 Å². The summed E-state index contributed by atoms with van der Waals surface area (Å²) in [7, 11) is 0. The second-order valence-corrected chi connectivity index (χ2v) is 6.32. The van der Waals surface area contributed by atoms with Crippen LogP contribution < -0.4 is 5.32 Å². The fourth-order valence-corrected chi connectivity index (χ4v) is 3.34. The maximum Gasteiger partial charge on any atom is 0.258 e. The van der Waals surface area contributed by atoms with Crippen molar-refractivity contribution in [3.63, 3.8) is 0 Å². The van der Waals surface area contributed by atoms with Crippen molar-refractivity contribution in [3.05, 3.63) is 107 Å². The molecule has 4 rings (SSSR count). The minimum Gasteiger partial charge on any atom is -0.322 e. The first kappa shape index (κ1) is 16.8. The summed E-state index contributed by atoms with van der Waals surface area (Å²) in [6, 6.07) is 24.0. The van der Waals surface area contributed by atoms with Gasteiger partial charge in [0.05, 0.1) is 16.8 Å². The summed E-state index contributed by atoms with van der Waals surface area (Å²) in [4.78, 5) is 26.1. The molecule has 0 aliphatic carbocycles. The van der Waals surface area contributed by atoms with Crippen molar-refractivity contribution in [1.82, 2.24) is 4.40 Å². The molecule has 132 valence electrons. The number of hydrogen-bond acceptors (Lipinski definition) is 2. The van der Waals surface area contributed by atoms with E-state index in [9.17, 15) is 9.59 Å². The van der Waals surface area contributed by atoms with E-state index in [4.69, 9.17) is 0 Å². The molecule has 2 heterocycles. The summed E-state index contributed by atoms with van der Waals surface area (Å²) in [6.45, 7) is 1.82. The molecular formula is C23H18N2O2. The first-order valence-corrected chi connectivity index (χ1v) is 8.72. The van der Waals surface area contributed by atoms with Crippen molar-refractivity contribution in [2.75, 3.05) is 5.32 Å². The van der Waals surface area contributed by atoms with Gasteiger partial charge >= 0.3 is 0 Å². The normalized spacial score (nSPS) is 10.7. The summed E-state index contributed by atoms with van der Waals surface area (Å²) >= 11 is 0. The highest BCUT2D eigenvalue weighted by molar-refractivity contribution is 6.16. The zero-order valence-electron chi connectivity index (χ0n) is 14.8. The molecule has 0 saturated heterocycles. The molecule has 4 nitrogen and oxygen atoms in total. The predicted molar refractivity (Wildman–Crippen MR) is 106 cm³/mol. The average molecular weight is 354 g/mol. The molecule has 0 bridgehead atoms. The highest BCUT2D eigenvalue weighted by atomic mass is 16.1. The average Bonchev–Trinajstić information content (AvgIpc) is 3.00. The highest BCUT2D eigenvalue weighted by Crippen LogP contribution is 2.26. The topological polar surface area (TPSA) is 50.6 Å². The Bertz CT molecular complexity index is 1130. The zero-order chi connectivity index (χ0) is 18.8. The Morgan fingerprint density at radius 1 is 0.815 bits per heavy atom. The number of fused-ring (bicyclic) bond motifs is 1. The van der Waals surface area contributed by atoms with E-state index in [2.05, 4.69) is 5.32 Å². The Balaban J connectivity index is 1.84. The van der Waals surface area contributed by atoms with Crippen molar-refractivity contribution < 1.29 is 9.59 Å². The van der Waals surface area contributed by atoms with E-state index in [-0.39, 0.29) is 11.7 Å². The molecule has 4 heteroatoms. The quantitative estimate of drug-likeness (QED) is 0.539. The minimum atomic E-state index is -0.227. The van der Waals surface area contributed by atoms with Crippen LogP contribution in [0.15, 0.2) is 85.1 Å². The molecule has 0 atom stereocenters. The standard InChI is InChI=1S/C23H18N2O2/c1-16-20(23(27)24-18-12-6-3-7-13-18)19-14-8-9-15-25(19)21(16)22(26)17-10-4-2-5-11-17/h2-15H,1H3,(H,24,27). The lowest BCUT2D eigenvalue weighted by atomic mass is 10.0. The van der Waals surface area contributed by atoms with E-state index in [0.29, 0.717) is 33.6 Å². The van der Waals surface area contributed by atoms with Crippen molar-refractivity contribution in [2.24, 2.45) is 0 Å². The van der Waals surface area contributed by atoms with Gasteiger partial charge < -0.3 is 9.72 Å². The second kappa shape index (κ2) is 6.92. The lowest BCUT2D eigenvalue weighted by molar-refractivity contribution is 0.102. The SMILES string of the molecule is Cc1c(C(=O)Nc2ccccc2)c2ccccn2c1C(=O)c1ccccc1. The number of nitrogens with zero attached hydrogens (tertiary/aromatic N) is 1. The molecule has 0 aliphatic rings. The van der Waals surface area contributed by atoms with Gasteiger partial charge in [0.1, 0.15) is 0 Å². The Labute approximate surface area is 157 Å². The van der Waals surface area contributed by atoms with Crippen LogP contribution in [0.25, 0.3) is 5.52 Å². The van der Waals surface area contributed by atoms with Crippen molar-refractivity contribution >= 4 is 22.9 Å². The third-order valence-corrected chi connectivity index (χ3v) is 4.60. The Morgan fingerprint density at radius 2 is 1.44 bits per heavy atom. The van der Waals surface area contributed by atoms with Gasteiger partial charge in [0.2, 0.25) is 5.78 Å². The molecule has 27 heavy (non-hydrogen) atoms. The molecule has 1 N–H and O–H groups in total. The third-order valence-electron chi connectivity index (χ3n) is 4.60. The predicted octanol–water partition coefficient (Wildman–Crippen LogP) is 4.73. The maximum atomic E-state index is 13.1. The number of ketones is 1. The Hall–Kier alpha value is -3.66. The molecule has 0 radical (unpaired) electrons. The minimum absolute atomic E-state index is 0.104. The molecular weight excluding hydrogens is 336 g/mol. The molecule has 0 fully saturated rings. The van der Waals surface area contributed by atoms with Crippen LogP contribution >= 0.6 is 0 Å². The summed E-state index contributed by atoms with van der Waals surface area (Å²) in [5.74, 6) is -0.331. The van der Waals surface area contributed by atoms with Crippen molar-refractivity contribution in [3.8, 4) is 0 Å². The molecule has 4 aromatic rings. The lowest BCUT2D eigenvalue weighted by Gasteiger charge is -2.05. The van der Waals surface area contributed by atoms with Crippen LogP contribution in [0.2, 0.25) is 0 Å². The van der Waals surface area contributed by atoms with Gasteiger partial charge in [-0.15, -0.1) is 0 Å². The maximum absolute atomic E-state index is 13.1. The van der Waals surface area contributed by atoms with Gasteiger partial charge in [-0.1, -0.05) is 54.6 Å². The molecule has 0 aliphatic heterocycles. The number of nitrogens with one attached hydrogen (secondary N) is 1. The summed E-state index contributed by atoms with van der Waals surface area (Å²) in [6.07, 6.45) is 1.82. The Morgan fingerprint density at radius 3 is 2.15 bits per heavy atom. The monoisotopic (exact) mass is 354 g/mol. The number of aromatic nitrogens is 1. The first-order valence-electron chi connectivity index (χ1n) is 8.72. The van der Waals surface area contributed by atoms with Crippen LogP contribution in [0, 0.1) is 6.92 Å². The van der Waals surface area contributed by atoms with Gasteiger partial charge in [-0.2, -0.15) is 0 Å². The number of carbonyl (C=O) groups excluding carboxylic acids is 2. The fraction of sp³-hybridized carbons (Fsp3) is 0.0435. The molecule has 0 unspecified atom stereocenters. The number of anilines is 1. The summed E-state index contributed by atoms with van der Waals surface area (Å²) in [5.41, 5.74) is 3.71. The number of carbonyl (C=O) groups is 2. The summed E-state index contributed by atoms with van der Waals surface area (Å²) < 4.78 is 1.80. The fourth-order valence-electron chi connectivity index (χ4n) is 3.34. The van der Waals surface area contributed by atoms with E-state index in [1.54, 1.807) is 16.5 Å². The number of pyridine rings is 1. The highest BCUT2D eigenvalue weighted by Gasteiger charge is 2.25. The third kappa shape index (κ3) is 3.02. The number of rotatable bonds is 4. The molecule has 2 aromatic carbocycles. The number of para-hydroxylation sites is 1. The van der Waals surface area contributed by atoms with Crippen LogP contribution in [0.5, 0.6) is 0 Å². The second-order valence-electron chi connectivity index (χ2n) is 6.32. The zero-order valence-corrected chi connectivity index (χ0v) is 14.8. The smallest absolute Gasteiger partial charge is 0.258 e. The lowest BCUT2D eigenvalue weighted by Crippen LogP contribution is -2.13. The number of amides is 1. The van der Waals surface area contributed by atoms with E-state index >= 15 is 0 Å². The van der Waals surface area contributed by atoms with E-state index in [1.165, 1.54) is 0 Å². The van der Waals surface area contributed by atoms with Gasteiger partial charge in [-0.25, -0.2) is 0 Å². The first-order chi connectivity index (χ1) is 13.2. The molecule has 1 amide bonds.